The summed E-state index contributed by atoms with van der Waals surface area (Å²) in [5, 5.41) is 0.161. The minimum absolute atomic E-state index is 0.0340. The molecule has 1 fully saturated rings. The van der Waals surface area contributed by atoms with E-state index in [0.29, 0.717) is 25.3 Å². The predicted molar refractivity (Wildman–Crippen MR) is 128 cm³/mol. The van der Waals surface area contributed by atoms with Crippen molar-refractivity contribution in [3.05, 3.63) is 66.0 Å². The number of rotatable bonds is 6. The molecule has 1 saturated heterocycles. The standard InChI is InChI=1S/C23H24F3N5O3S2/c24-23(25,26)14-30-9-10-31(20(13-30)16-4-2-1-3-5-16)19-8-11-34-21-12-17(6-7-18(19)21)36(32,33)29-22-27-15-28-35-22/h1-7,12,15,19-20H,8-11,13-14H2,(H,27,28,29)/t19-,20+/m1/s1. The van der Waals surface area contributed by atoms with Gasteiger partial charge in [0.2, 0.25) is 5.13 Å². The zero-order valence-electron chi connectivity index (χ0n) is 19.1. The summed E-state index contributed by atoms with van der Waals surface area (Å²) >= 11 is 0.930. The Balaban J connectivity index is 1.43. The highest BCUT2D eigenvalue weighted by molar-refractivity contribution is 7.93. The molecule has 8 nitrogen and oxygen atoms in total. The SMILES string of the molecule is O=S(=O)(Nc1ncns1)c1ccc2c(c1)OCC[C@H]2N1CCN(CC(F)(F)F)C[C@H]1c1ccccc1. The molecule has 3 aromatic rings. The molecular formula is C23H24F3N5O3S2. The molecule has 192 valence electrons. The summed E-state index contributed by atoms with van der Waals surface area (Å²) in [5.74, 6) is 0.455. The topological polar surface area (TPSA) is 87.7 Å². The molecule has 1 N–H and O–H groups in total. The maximum absolute atomic E-state index is 13.1. The number of halogens is 3. The maximum Gasteiger partial charge on any atom is 0.401 e. The average Bonchev–Trinajstić information content (AvgIpc) is 3.35. The number of fused-ring (bicyclic) bond motifs is 1. The highest BCUT2D eigenvalue weighted by Gasteiger charge is 2.39. The van der Waals surface area contributed by atoms with E-state index in [1.807, 2.05) is 30.3 Å². The monoisotopic (exact) mass is 539 g/mol. The number of hydrogen-bond donors (Lipinski definition) is 1. The number of nitrogens with one attached hydrogen (secondary N) is 1. The average molecular weight is 540 g/mol. The van der Waals surface area contributed by atoms with Crippen molar-refractivity contribution in [1.29, 1.82) is 0 Å². The van der Waals surface area contributed by atoms with Crippen LogP contribution in [0.2, 0.25) is 0 Å². The van der Waals surface area contributed by atoms with Crippen molar-refractivity contribution in [3.63, 3.8) is 0 Å². The third kappa shape index (κ3) is 5.48. The summed E-state index contributed by atoms with van der Waals surface area (Å²) in [5.41, 5.74) is 1.76. The van der Waals surface area contributed by atoms with Gasteiger partial charge in [0.05, 0.1) is 18.0 Å². The van der Waals surface area contributed by atoms with E-state index in [0.717, 1.165) is 22.7 Å². The molecule has 5 rings (SSSR count). The van der Waals surface area contributed by atoms with Crippen LogP contribution < -0.4 is 9.46 Å². The Morgan fingerprint density at radius 3 is 2.64 bits per heavy atom. The summed E-state index contributed by atoms with van der Waals surface area (Å²) in [6.07, 6.45) is -2.36. The van der Waals surface area contributed by atoms with Gasteiger partial charge in [0.1, 0.15) is 12.1 Å². The van der Waals surface area contributed by atoms with Crippen LogP contribution in [0.4, 0.5) is 18.3 Å². The van der Waals surface area contributed by atoms with Gasteiger partial charge >= 0.3 is 6.18 Å². The van der Waals surface area contributed by atoms with Gasteiger partial charge in [0.25, 0.3) is 10.0 Å². The molecule has 0 radical (unpaired) electrons. The Morgan fingerprint density at radius 2 is 1.92 bits per heavy atom. The molecular weight excluding hydrogens is 515 g/mol. The number of ether oxygens (including phenoxy) is 1. The van der Waals surface area contributed by atoms with Crippen LogP contribution in [0.5, 0.6) is 5.75 Å². The second-order valence-electron chi connectivity index (χ2n) is 8.72. The fourth-order valence-electron chi connectivity index (χ4n) is 4.85. The van der Waals surface area contributed by atoms with E-state index in [9.17, 15) is 21.6 Å². The second kappa shape index (κ2) is 9.96. The Hall–Kier alpha value is -2.74. The Kier molecular flexibility index (Phi) is 6.90. The lowest BCUT2D eigenvalue weighted by Crippen LogP contribution is -2.52. The van der Waals surface area contributed by atoms with Crippen LogP contribution in [0.3, 0.4) is 0 Å². The van der Waals surface area contributed by atoms with Gasteiger partial charge in [-0.05, 0) is 11.6 Å². The van der Waals surface area contributed by atoms with Gasteiger partial charge in [-0.15, -0.1) is 0 Å². The number of aromatic nitrogens is 2. The summed E-state index contributed by atoms with van der Waals surface area (Å²) in [7, 11) is -3.89. The molecule has 2 aliphatic rings. The van der Waals surface area contributed by atoms with E-state index in [2.05, 4.69) is 19.0 Å². The van der Waals surface area contributed by atoms with Crippen LogP contribution in [-0.2, 0) is 10.0 Å². The van der Waals surface area contributed by atoms with E-state index in [1.165, 1.54) is 23.4 Å². The Morgan fingerprint density at radius 1 is 1.11 bits per heavy atom. The molecule has 2 atom stereocenters. The third-order valence-corrected chi connectivity index (χ3v) is 8.43. The van der Waals surface area contributed by atoms with Crippen LogP contribution >= 0.6 is 11.5 Å². The molecule has 0 unspecified atom stereocenters. The van der Waals surface area contributed by atoms with Crippen molar-refractivity contribution in [1.82, 2.24) is 19.2 Å². The zero-order valence-corrected chi connectivity index (χ0v) is 20.7. The lowest BCUT2D eigenvalue weighted by Gasteiger charge is -2.47. The number of benzene rings is 2. The van der Waals surface area contributed by atoms with Gasteiger partial charge in [-0.25, -0.2) is 13.4 Å². The summed E-state index contributed by atoms with van der Waals surface area (Å²) in [6, 6.07) is 13.9. The Labute approximate surface area is 210 Å². The number of nitrogens with zero attached hydrogens (tertiary/aromatic N) is 4. The van der Waals surface area contributed by atoms with Gasteiger partial charge < -0.3 is 4.74 Å². The first-order chi connectivity index (χ1) is 17.2. The minimum Gasteiger partial charge on any atom is -0.493 e. The van der Waals surface area contributed by atoms with Gasteiger partial charge in [0.15, 0.2) is 0 Å². The molecule has 13 heteroatoms. The van der Waals surface area contributed by atoms with E-state index in [1.54, 1.807) is 6.07 Å². The zero-order chi connectivity index (χ0) is 25.3. The van der Waals surface area contributed by atoms with Crippen LogP contribution in [0.25, 0.3) is 0 Å². The minimum atomic E-state index is -4.26. The molecule has 3 heterocycles. The first kappa shape index (κ1) is 24.9. The second-order valence-corrected chi connectivity index (χ2v) is 11.2. The smallest absolute Gasteiger partial charge is 0.401 e. The van der Waals surface area contributed by atoms with Gasteiger partial charge in [-0.3, -0.25) is 14.5 Å². The van der Waals surface area contributed by atoms with Gasteiger partial charge in [0, 0.05) is 61.3 Å². The van der Waals surface area contributed by atoms with Crippen LogP contribution in [0.15, 0.2) is 59.8 Å². The van der Waals surface area contributed by atoms with Crippen molar-refractivity contribution < 1.29 is 26.3 Å². The predicted octanol–water partition coefficient (Wildman–Crippen LogP) is 4.08. The fraction of sp³-hybridized carbons (Fsp3) is 0.391. The van der Waals surface area contributed by atoms with E-state index >= 15 is 0 Å². The normalized spacial score (nSPS) is 21.5. The summed E-state index contributed by atoms with van der Waals surface area (Å²) < 4.78 is 77.1. The summed E-state index contributed by atoms with van der Waals surface area (Å²) in [6.45, 7) is 0.396. The molecule has 0 saturated carbocycles. The van der Waals surface area contributed by atoms with Crippen LogP contribution in [0, 0.1) is 0 Å². The highest BCUT2D eigenvalue weighted by Crippen LogP contribution is 2.42. The lowest BCUT2D eigenvalue weighted by atomic mass is 9.93. The molecule has 0 spiro atoms. The number of anilines is 1. The summed E-state index contributed by atoms with van der Waals surface area (Å²) in [4.78, 5) is 7.56. The highest BCUT2D eigenvalue weighted by atomic mass is 32.2. The molecule has 0 aliphatic carbocycles. The van der Waals surface area contributed by atoms with Crippen LogP contribution in [-0.4, -0.2) is 66.5 Å². The van der Waals surface area contributed by atoms with E-state index in [4.69, 9.17) is 4.74 Å². The van der Waals surface area contributed by atoms with Crippen molar-refractivity contribution in [3.8, 4) is 5.75 Å². The first-order valence-corrected chi connectivity index (χ1v) is 13.6. The molecule has 2 aromatic carbocycles. The third-order valence-electron chi connectivity index (χ3n) is 6.38. The molecule has 2 aliphatic heterocycles. The Bertz CT molecular complexity index is 1290. The van der Waals surface area contributed by atoms with Gasteiger partial charge in [-0.2, -0.15) is 17.5 Å². The lowest BCUT2D eigenvalue weighted by molar-refractivity contribution is -0.153. The first-order valence-electron chi connectivity index (χ1n) is 11.4. The quantitative estimate of drug-likeness (QED) is 0.505. The van der Waals surface area contributed by atoms with E-state index in [-0.39, 0.29) is 35.2 Å². The number of alkyl halides is 3. The number of hydrogen-bond acceptors (Lipinski definition) is 8. The fourth-order valence-corrected chi connectivity index (χ4v) is 6.53. The van der Waals surface area contributed by atoms with Crippen molar-refractivity contribution in [2.24, 2.45) is 0 Å². The van der Waals surface area contributed by atoms with Crippen molar-refractivity contribution in [2.75, 3.05) is 37.5 Å². The largest absolute Gasteiger partial charge is 0.493 e. The maximum atomic E-state index is 13.1. The number of sulfonamides is 1. The molecule has 36 heavy (non-hydrogen) atoms. The van der Waals surface area contributed by atoms with E-state index < -0.39 is 22.7 Å². The number of piperazine rings is 1. The van der Waals surface area contributed by atoms with Crippen molar-refractivity contribution in [2.45, 2.75) is 29.6 Å². The van der Waals surface area contributed by atoms with Gasteiger partial charge in [-0.1, -0.05) is 36.4 Å². The van der Waals surface area contributed by atoms with Crippen molar-refractivity contribution >= 4 is 26.7 Å². The van der Waals surface area contributed by atoms with Crippen LogP contribution in [0.1, 0.15) is 29.6 Å². The molecule has 0 bridgehead atoms. The molecule has 0 amide bonds. The molecule has 1 aromatic heterocycles.